The number of nitrogens with zero attached hydrogens (tertiary/aromatic N) is 2. The average Bonchev–Trinajstić information content (AvgIpc) is 3.20. The molecule has 1 aromatic carbocycles. The van der Waals surface area contributed by atoms with Gasteiger partial charge in [-0.05, 0) is 91.7 Å². The molecule has 0 radical (unpaired) electrons. The highest BCUT2D eigenvalue weighted by Crippen LogP contribution is 2.67. The van der Waals surface area contributed by atoms with Crippen LogP contribution >= 0.6 is 0 Å². The molecule has 0 aliphatic heterocycles. The number of carbonyl (C=O) groups is 1. The molecule has 0 spiro atoms. The third-order valence-electron chi connectivity index (χ3n) is 9.88. The second kappa shape index (κ2) is 9.46. The number of fused-ring (bicyclic) bond motifs is 4. The Labute approximate surface area is 215 Å². The smallest absolute Gasteiger partial charge is 0.190 e. The third-order valence-corrected chi connectivity index (χ3v) is 9.88. The van der Waals surface area contributed by atoms with Gasteiger partial charge in [-0.25, -0.2) is 0 Å². The van der Waals surface area contributed by atoms with Crippen molar-refractivity contribution in [3.63, 3.8) is 0 Å². The Morgan fingerprint density at radius 1 is 1.14 bits per heavy atom. The van der Waals surface area contributed by atoms with Crippen LogP contribution < -0.4 is 4.90 Å². The SMILES string of the molecule is COCC(=O)[C@@]1(OC)CC[C@H]2[C@@H]3CCC4=C/C(=N\O)CCC4=C3C(c3ccc(N(C)C)cc3)C[C@@]21C. The lowest BCUT2D eigenvalue weighted by Crippen LogP contribution is -2.57. The van der Waals surface area contributed by atoms with Crippen molar-refractivity contribution in [1.82, 2.24) is 0 Å². The molecule has 0 aromatic heterocycles. The van der Waals surface area contributed by atoms with Gasteiger partial charge in [0.1, 0.15) is 12.2 Å². The second-order valence-corrected chi connectivity index (χ2v) is 11.5. The van der Waals surface area contributed by atoms with Crippen LogP contribution in [0.15, 0.2) is 52.2 Å². The number of methoxy groups -OCH3 is 2. The fourth-order valence-electron chi connectivity index (χ4n) is 8.20. The number of hydrogen-bond acceptors (Lipinski definition) is 6. The zero-order valence-corrected chi connectivity index (χ0v) is 22.3. The molecule has 1 N–H and O–H groups in total. The summed E-state index contributed by atoms with van der Waals surface area (Å²) < 4.78 is 11.6. The van der Waals surface area contributed by atoms with Crippen LogP contribution in [0.1, 0.15) is 63.4 Å². The molecule has 0 bridgehead atoms. The molecule has 1 unspecified atom stereocenters. The molecule has 6 heteroatoms. The van der Waals surface area contributed by atoms with Crippen molar-refractivity contribution in [3.8, 4) is 0 Å². The van der Waals surface area contributed by atoms with Gasteiger partial charge < -0.3 is 19.6 Å². The maximum atomic E-state index is 13.6. The maximum Gasteiger partial charge on any atom is 0.190 e. The molecule has 6 nitrogen and oxygen atoms in total. The van der Waals surface area contributed by atoms with Crippen LogP contribution in [0.5, 0.6) is 0 Å². The van der Waals surface area contributed by atoms with E-state index in [0.717, 1.165) is 50.7 Å². The van der Waals surface area contributed by atoms with E-state index >= 15 is 0 Å². The first-order valence-corrected chi connectivity index (χ1v) is 13.3. The van der Waals surface area contributed by atoms with Gasteiger partial charge in [-0.1, -0.05) is 29.8 Å². The summed E-state index contributed by atoms with van der Waals surface area (Å²) in [5.74, 6) is 1.12. The lowest BCUT2D eigenvalue weighted by molar-refractivity contribution is -0.166. The van der Waals surface area contributed by atoms with Gasteiger partial charge >= 0.3 is 0 Å². The number of ether oxygens (including phenoxy) is 2. The fourth-order valence-corrected chi connectivity index (χ4v) is 8.20. The summed E-state index contributed by atoms with van der Waals surface area (Å²) in [6.45, 7) is 2.40. The minimum absolute atomic E-state index is 0.0770. The van der Waals surface area contributed by atoms with E-state index in [1.807, 2.05) is 0 Å². The van der Waals surface area contributed by atoms with E-state index in [-0.39, 0.29) is 23.7 Å². The van der Waals surface area contributed by atoms with E-state index in [1.54, 1.807) is 19.8 Å². The molecule has 2 fully saturated rings. The zero-order valence-electron chi connectivity index (χ0n) is 22.3. The Hall–Kier alpha value is -2.44. The number of carbonyl (C=O) groups excluding carboxylic acids is 1. The lowest BCUT2D eigenvalue weighted by Gasteiger charge is -2.55. The predicted octanol–water partition coefficient (Wildman–Crippen LogP) is 5.51. The number of Topliss-reactive ketones (excluding diaryl/α,β-unsaturated/α-hetero) is 1. The number of rotatable bonds is 6. The monoisotopic (exact) mass is 492 g/mol. The number of anilines is 1. The van der Waals surface area contributed by atoms with Crippen LogP contribution in [0, 0.1) is 17.3 Å². The highest BCUT2D eigenvalue weighted by Gasteiger charge is 2.66. The molecule has 4 aliphatic carbocycles. The number of benzene rings is 1. The lowest BCUT2D eigenvalue weighted by atomic mass is 9.50. The normalized spacial score (nSPS) is 34.6. The van der Waals surface area contributed by atoms with Crippen LogP contribution in [0.2, 0.25) is 0 Å². The van der Waals surface area contributed by atoms with Crippen molar-refractivity contribution in [1.29, 1.82) is 0 Å². The first-order valence-electron chi connectivity index (χ1n) is 13.3. The molecular weight excluding hydrogens is 452 g/mol. The Morgan fingerprint density at radius 2 is 1.89 bits per heavy atom. The summed E-state index contributed by atoms with van der Waals surface area (Å²) >= 11 is 0. The highest BCUT2D eigenvalue weighted by molar-refractivity contribution is 5.97. The van der Waals surface area contributed by atoms with E-state index < -0.39 is 5.60 Å². The molecule has 5 atom stereocenters. The summed E-state index contributed by atoms with van der Waals surface area (Å²) in [4.78, 5) is 15.7. The van der Waals surface area contributed by atoms with E-state index in [2.05, 4.69) is 61.4 Å². The fraction of sp³-hybridized carbons (Fsp3) is 0.600. The number of ketones is 1. The molecule has 0 saturated heterocycles. The molecule has 0 amide bonds. The van der Waals surface area contributed by atoms with Gasteiger partial charge in [0, 0.05) is 45.3 Å². The third kappa shape index (κ3) is 3.67. The summed E-state index contributed by atoms with van der Waals surface area (Å²) in [5, 5.41) is 12.9. The Kier molecular flexibility index (Phi) is 6.63. The first kappa shape index (κ1) is 25.2. The second-order valence-electron chi connectivity index (χ2n) is 11.5. The van der Waals surface area contributed by atoms with Gasteiger partial charge in [0.05, 0.1) is 5.71 Å². The summed E-state index contributed by atoms with van der Waals surface area (Å²) in [5.41, 5.74) is 6.56. The van der Waals surface area contributed by atoms with Gasteiger partial charge in [0.25, 0.3) is 0 Å². The van der Waals surface area contributed by atoms with Crippen molar-refractivity contribution >= 4 is 17.2 Å². The van der Waals surface area contributed by atoms with Crippen molar-refractivity contribution in [2.75, 3.05) is 39.8 Å². The molecule has 0 heterocycles. The minimum atomic E-state index is -0.814. The van der Waals surface area contributed by atoms with Crippen LogP contribution in [0.25, 0.3) is 0 Å². The molecular formula is C30H40N2O4. The van der Waals surface area contributed by atoms with Crippen LogP contribution in [0.4, 0.5) is 5.69 Å². The Balaban J connectivity index is 1.66. The van der Waals surface area contributed by atoms with Crippen LogP contribution in [0.3, 0.4) is 0 Å². The standard InChI is InChI=1S/C30H40N2O4/c1-29-17-25(19-6-10-22(11-7-19)32(2)3)28-23-13-9-21(31-34)16-20(23)8-12-24(28)26(29)14-15-30(29,36-5)27(33)18-35-4/h6-7,10-11,16,24-26,34H,8-9,12-15,17-18H2,1-5H3/b31-21-/t24-,25?,26-,29-,30-/m0/s1. The van der Waals surface area contributed by atoms with E-state index in [1.165, 1.54) is 22.4 Å². The molecule has 36 heavy (non-hydrogen) atoms. The Morgan fingerprint density at radius 3 is 2.53 bits per heavy atom. The number of hydrogen-bond donors (Lipinski definition) is 1. The first-order chi connectivity index (χ1) is 17.3. The van der Waals surface area contributed by atoms with Crippen molar-refractivity contribution in [3.05, 3.63) is 52.6 Å². The van der Waals surface area contributed by atoms with E-state index in [9.17, 15) is 10.0 Å². The summed E-state index contributed by atoms with van der Waals surface area (Å²) in [7, 11) is 7.44. The molecule has 194 valence electrons. The summed E-state index contributed by atoms with van der Waals surface area (Å²) in [6, 6.07) is 8.96. The average molecular weight is 493 g/mol. The quantitative estimate of drug-likeness (QED) is 0.419. The maximum absolute atomic E-state index is 13.6. The van der Waals surface area contributed by atoms with Gasteiger partial charge in [-0.15, -0.1) is 0 Å². The number of oxime groups is 1. The van der Waals surface area contributed by atoms with Crippen molar-refractivity contribution in [2.24, 2.45) is 22.4 Å². The van der Waals surface area contributed by atoms with Crippen molar-refractivity contribution < 1.29 is 19.5 Å². The molecule has 2 saturated carbocycles. The van der Waals surface area contributed by atoms with Crippen LogP contribution in [-0.4, -0.2) is 57.2 Å². The van der Waals surface area contributed by atoms with Gasteiger partial charge in [0.2, 0.25) is 0 Å². The molecule has 1 aromatic rings. The van der Waals surface area contributed by atoms with Gasteiger partial charge in [0.15, 0.2) is 5.78 Å². The van der Waals surface area contributed by atoms with Crippen molar-refractivity contribution in [2.45, 2.75) is 63.4 Å². The van der Waals surface area contributed by atoms with E-state index in [4.69, 9.17) is 9.47 Å². The Bertz CT molecular complexity index is 1120. The van der Waals surface area contributed by atoms with Crippen LogP contribution in [-0.2, 0) is 14.3 Å². The topological polar surface area (TPSA) is 71.4 Å². The predicted molar refractivity (Wildman–Crippen MR) is 142 cm³/mol. The summed E-state index contributed by atoms with van der Waals surface area (Å²) in [6.07, 6.45) is 8.49. The zero-order chi connectivity index (χ0) is 25.7. The highest BCUT2D eigenvalue weighted by atomic mass is 16.5. The van der Waals surface area contributed by atoms with Gasteiger partial charge in [-0.3, -0.25) is 4.79 Å². The van der Waals surface area contributed by atoms with E-state index in [0.29, 0.717) is 11.8 Å². The largest absolute Gasteiger partial charge is 0.411 e. The van der Waals surface area contributed by atoms with Gasteiger partial charge in [-0.2, -0.15) is 0 Å². The minimum Gasteiger partial charge on any atom is -0.411 e. The molecule has 5 rings (SSSR count). The molecule has 4 aliphatic rings. The number of allylic oxidation sites excluding steroid dienone is 4.